The van der Waals surface area contributed by atoms with E-state index in [9.17, 15) is 40.5 Å². The number of allylic oxidation sites excluding steroid dienone is 2. The number of ether oxygens (including phenoxy) is 6. The van der Waals surface area contributed by atoms with Crippen LogP contribution in [0, 0.1) is 0 Å². The Balaban J connectivity index is 1.63. The van der Waals surface area contributed by atoms with Gasteiger partial charge in [0.1, 0.15) is 54.9 Å². The van der Waals surface area contributed by atoms with Crippen LogP contribution >= 0.6 is 0 Å². The summed E-state index contributed by atoms with van der Waals surface area (Å²) < 4.78 is 34.3. The molecule has 0 aromatic carbocycles. The van der Waals surface area contributed by atoms with Crippen molar-refractivity contribution in [2.75, 3.05) is 33.0 Å². The van der Waals surface area contributed by atoms with Gasteiger partial charge in [-0.05, 0) is 38.5 Å². The summed E-state index contributed by atoms with van der Waals surface area (Å²) in [4.78, 5) is 12.9. The van der Waals surface area contributed by atoms with E-state index in [1.54, 1.807) is 0 Å². The number of rotatable bonds is 46. The van der Waals surface area contributed by atoms with Crippen LogP contribution < -0.4 is 0 Å². The quantitative estimate of drug-likeness (QED) is 0.0172. The zero-order valence-electron chi connectivity index (χ0n) is 43.6. The van der Waals surface area contributed by atoms with Gasteiger partial charge in [0.25, 0.3) is 0 Å². The molecule has 0 saturated carbocycles. The van der Waals surface area contributed by atoms with Crippen LogP contribution in [0.5, 0.6) is 0 Å². The molecule has 2 heterocycles. The maximum Gasteiger partial charge on any atom is 0.306 e. The van der Waals surface area contributed by atoms with Gasteiger partial charge in [-0.2, -0.15) is 0 Å². The standard InChI is InChI=1S/C55H104O14/c1-3-5-7-9-11-13-14-15-16-17-18-19-20-21-22-23-24-25-26-27-28-29-31-33-35-37-39-64-41-44(67-47(57)38-36-34-32-30-12-10-8-6-4-2)42-65-54-53(63)51(61)49(59)46(69-54)43-66-55-52(62)50(60)48(58)45(40-56)68-55/h17-18,44-46,48-56,58-63H,3-16,19-43H2,1-2H3/b18-17-. The minimum atomic E-state index is -1.70. The lowest BCUT2D eigenvalue weighted by atomic mass is 9.98. The van der Waals surface area contributed by atoms with Gasteiger partial charge in [0.15, 0.2) is 12.6 Å². The highest BCUT2D eigenvalue weighted by atomic mass is 16.7. The fourth-order valence-electron chi connectivity index (χ4n) is 9.16. The van der Waals surface area contributed by atoms with Gasteiger partial charge >= 0.3 is 5.97 Å². The summed E-state index contributed by atoms with van der Waals surface area (Å²) in [6, 6.07) is 0. The van der Waals surface area contributed by atoms with Crippen molar-refractivity contribution in [2.24, 2.45) is 0 Å². The molecule has 2 aliphatic rings. The third-order valence-electron chi connectivity index (χ3n) is 13.8. The number of unbranched alkanes of at least 4 members (excludes halogenated alkanes) is 30. The Bertz CT molecular complexity index is 1190. The van der Waals surface area contributed by atoms with E-state index in [1.807, 2.05) is 0 Å². The molecule has 14 nitrogen and oxygen atoms in total. The molecule has 0 amide bonds. The molecule has 0 spiro atoms. The van der Waals surface area contributed by atoms with Crippen LogP contribution in [0.2, 0.25) is 0 Å². The number of carbonyl (C=O) groups is 1. The highest BCUT2D eigenvalue weighted by molar-refractivity contribution is 5.69. The first kappa shape index (κ1) is 63.8. The molecule has 408 valence electrons. The minimum Gasteiger partial charge on any atom is -0.457 e. The summed E-state index contributed by atoms with van der Waals surface area (Å²) in [7, 11) is 0. The fourth-order valence-corrected chi connectivity index (χ4v) is 9.16. The van der Waals surface area contributed by atoms with Crippen molar-refractivity contribution in [1.29, 1.82) is 0 Å². The number of aliphatic hydroxyl groups is 7. The summed E-state index contributed by atoms with van der Waals surface area (Å²) in [6.07, 6.45) is 30.2. The van der Waals surface area contributed by atoms with Gasteiger partial charge < -0.3 is 64.2 Å². The lowest BCUT2D eigenvalue weighted by molar-refractivity contribution is -0.332. The van der Waals surface area contributed by atoms with Crippen LogP contribution in [0.4, 0.5) is 0 Å². The molecular formula is C55H104O14. The van der Waals surface area contributed by atoms with Crippen molar-refractivity contribution in [3.05, 3.63) is 12.2 Å². The molecule has 14 heteroatoms. The third kappa shape index (κ3) is 30.5. The van der Waals surface area contributed by atoms with E-state index in [0.717, 1.165) is 38.5 Å². The largest absolute Gasteiger partial charge is 0.457 e. The van der Waals surface area contributed by atoms with Crippen molar-refractivity contribution in [1.82, 2.24) is 0 Å². The first-order valence-electron chi connectivity index (χ1n) is 28.3. The first-order valence-corrected chi connectivity index (χ1v) is 28.3. The molecule has 0 bridgehead atoms. The SMILES string of the molecule is CCCCCCCCCC/C=C\CCCCCCCCCCCCCCCCOCC(COC1OC(COC2OC(CO)C(O)C(O)C2O)C(O)C(O)C1O)OC(=O)CCCCCCCCCCC. The van der Waals surface area contributed by atoms with Gasteiger partial charge in [-0.3, -0.25) is 4.79 Å². The monoisotopic (exact) mass is 989 g/mol. The molecule has 69 heavy (non-hydrogen) atoms. The Kier molecular flexibility index (Phi) is 39.9. The smallest absolute Gasteiger partial charge is 0.306 e. The van der Waals surface area contributed by atoms with E-state index in [-0.39, 0.29) is 25.6 Å². The van der Waals surface area contributed by atoms with E-state index in [0.29, 0.717) is 13.0 Å². The number of hydrogen-bond acceptors (Lipinski definition) is 14. The number of aliphatic hydroxyl groups excluding tert-OH is 7. The zero-order chi connectivity index (χ0) is 50.2. The van der Waals surface area contributed by atoms with Crippen LogP contribution in [0.3, 0.4) is 0 Å². The molecule has 0 aromatic heterocycles. The van der Waals surface area contributed by atoms with Crippen LogP contribution in [0.1, 0.15) is 232 Å². The van der Waals surface area contributed by atoms with Crippen molar-refractivity contribution >= 4 is 5.97 Å². The van der Waals surface area contributed by atoms with Crippen molar-refractivity contribution in [3.8, 4) is 0 Å². The van der Waals surface area contributed by atoms with Gasteiger partial charge in [0.05, 0.1) is 26.4 Å². The van der Waals surface area contributed by atoms with Gasteiger partial charge in [-0.15, -0.1) is 0 Å². The maximum atomic E-state index is 12.9. The van der Waals surface area contributed by atoms with E-state index in [1.165, 1.54) is 167 Å². The van der Waals surface area contributed by atoms with E-state index >= 15 is 0 Å². The minimum absolute atomic E-state index is 0.0674. The molecule has 11 unspecified atom stereocenters. The van der Waals surface area contributed by atoms with Crippen molar-refractivity contribution in [3.63, 3.8) is 0 Å². The predicted molar refractivity (Wildman–Crippen MR) is 271 cm³/mol. The lowest BCUT2D eigenvalue weighted by Crippen LogP contribution is -2.61. The van der Waals surface area contributed by atoms with Crippen molar-refractivity contribution in [2.45, 2.75) is 300 Å². The average molecular weight is 989 g/mol. The molecule has 7 N–H and O–H groups in total. The molecule has 2 aliphatic heterocycles. The zero-order valence-corrected chi connectivity index (χ0v) is 43.6. The van der Waals surface area contributed by atoms with Gasteiger partial charge in [-0.25, -0.2) is 0 Å². The van der Waals surface area contributed by atoms with Crippen LogP contribution in [0.15, 0.2) is 12.2 Å². The van der Waals surface area contributed by atoms with Crippen LogP contribution in [-0.2, 0) is 33.2 Å². The fraction of sp³-hybridized carbons (Fsp3) is 0.945. The molecule has 2 rings (SSSR count). The number of hydrogen-bond donors (Lipinski definition) is 7. The van der Waals surface area contributed by atoms with Gasteiger partial charge in [0.2, 0.25) is 0 Å². The summed E-state index contributed by atoms with van der Waals surface area (Å²) >= 11 is 0. The average Bonchev–Trinajstić information content (AvgIpc) is 3.35. The molecule has 11 atom stereocenters. The van der Waals surface area contributed by atoms with Crippen LogP contribution in [0.25, 0.3) is 0 Å². The Morgan fingerprint density at radius 3 is 1.32 bits per heavy atom. The Morgan fingerprint density at radius 2 is 0.855 bits per heavy atom. The normalized spacial score (nSPS) is 25.7. The van der Waals surface area contributed by atoms with E-state index in [2.05, 4.69) is 26.0 Å². The summed E-state index contributed by atoms with van der Waals surface area (Å²) in [6.45, 7) is 3.70. The molecule has 0 radical (unpaired) electrons. The molecule has 2 fully saturated rings. The predicted octanol–water partition coefficient (Wildman–Crippen LogP) is 9.41. The van der Waals surface area contributed by atoms with Gasteiger partial charge in [-0.1, -0.05) is 199 Å². The Labute approximate surface area is 418 Å². The maximum absolute atomic E-state index is 12.9. The number of carbonyl (C=O) groups excluding carboxylic acids is 1. The molecule has 0 aromatic rings. The molecular weight excluding hydrogens is 885 g/mol. The third-order valence-corrected chi connectivity index (χ3v) is 13.8. The summed E-state index contributed by atoms with van der Waals surface area (Å²) in [5.41, 5.74) is 0. The molecule has 0 aliphatic carbocycles. The molecule has 2 saturated heterocycles. The van der Waals surface area contributed by atoms with Gasteiger partial charge in [0, 0.05) is 13.0 Å². The highest BCUT2D eigenvalue weighted by Gasteiger charge is 2.47. The lowest BCUT2D eigenvalue weighted by Gasteiger charge is -2.42. The first-order chi connectivity index (χ1) is 33.6. The number of esters is 1. The van der Waals surface area contributed by atoms with Crippen molar-refractivity contribution < 1.29 is 69.0 Å². The second-order valence-corrected chi connectivity index (χ2v) is 20.1. The second-order valence-electron chi connectivity index (χ2n) is 20.1. The van der Waals surface area contributed by atoms with E-state index in [4.69, 9.17) is 28.4 Å². The Hall–Kier alpha value is -1.27. The summed E-state index contributed by atoms with van der Waals surface area (Å²) in [5.74, 6) is -0.375. The second kappa shape index (κ2) is 43.2. The Morgan fingerprint density at radius 1 is 0.464 bits per heavy atom. The highest BCUT2D eigenvalue weighted by Crippen LogP contribution is 2.27. The summed E-state index contributed by atoms with van der Waals surface area (Å²) in [5, 5.41) is 72.1. The van der Waals surface area contributed by atoms with Crippen LogP contribution in [-0.4, -0.2) is 142 Å². The van der Waals surface area contributed by atoms with E-state index < -0.39 is 80.7 Å². The topological polar surface area (TPSA) is 214 Å².